The molecule has 1 unspecified atom stereocenters. The number of aryl methyl sites for hydroxylation is 1. The average Bonchev–Trinajstić information content (AvgIpc) is 2.93. The van der Waals surface area contributed by atoms with E-state index in [4.69, 9.17) is 0 Å². The fourth-order valence-corrected chi connectivity index (χ4v) is 3.05. The van der Waals surface area contributed by atoms with Crippen LogP contribution in [0.1, 0.15) is 16.7 Å². The van der Waals surface area contributed by atoms with E-state index < -0.39 is 6.10 Å². The number of nitrogens with zero attached hydrogens (tertiary/aromatic N) is 2. The zero-order valence-corrected chi connectivity index (χ0v) is 10.5. The maximum Gasteiger partial charge on any atom is 0.130 e. The number of thiophene rings is 1. The van der Waals surface area contributed by atoms with Gasteiger partial charge >= 0.3 is 0 Å². The van der Waals surface area contributed by atoms with Crippen LogP contribution in [0.4, 0.5) is 4.39 Å². The van der Waals surface area contributed by atoms with Gasteiger partial charge in [0.2, 0.25) is 0 Å². The van der Waals surface area contributed by atoms with Gasteiger partial charge in [-0.15, -0.1) is 11.3 Å². The Bertz CT molecular complexity index is 704. The van der Waals surface area contributed by atoms with Crippen LogP contribution < -0.4 is 0 Å². The first-order valence-corrected chi connectivity index (χ1v) is 6.32. The van der Waals surface area contributed by atoms with Crippen molar-refractivity contribution in [1.29, 1.82) is 0 Å². The third kappa shape index (κ3) is 1.81. The number of benzene rings is 1. The third-order valence-electron chi connectivity index (χ3n) is 2.91. The molecule has 1 atom stereocenters. The predicted molar refractivity (Wildman–Crippen MR) is 69.1 cm³/mol. The first-order valence-electron chi connectivity index (χ1n) is 5.50. The quantitative estimate of drug-likeness (QED) is 0.771. The van der Waals surface area contributed by atoms with E-state index in [1.165, 1.54) is 23.5 Å². The lowest BCUT2D eigenvalue weighted by Crippen LogP contribution is -2.04. The highest BCUT2D eigenvalue weighted by Crippen LogP contribution is 2.33. The van der Waals surface area contributed by atoms with Gasteiger partial charge in [-0.3, -0.25) is 4.68 Å². The van der Waals surface area contributed by atoms with E-state index in [0.29, 0.717) is 0 Å². The molecule has 2 heterocycles. The number of halogens is 1. The molecule has 0 amide bonds. The molecule has 0 bridgehead atoms. The van der Waals surface area contributed by atoms with Crippen molar-refractivity contribution in [3.8, 4) is 0 Å². The number of aromatic nitrogens is 2. The van der Waals surface area contributed by atoms with Crippen LogP contribution in [0.25, 0.3) is 10.1 Å². The summed E-state index contributed by atoms with van der Waals surface area (Å²) in [7, 11) is 1.78. The highest BCUT2D eigenvalue weighted by molar-refractivity contribution is 7.19. The minimum atomic E-state index is -0.724. The molecule has 0 aliphatic heterocycles. The first-order chi connectivity index (χ1) is 8.65. The van der Waals surface area contributed by atoms with Crippen molar-refractivity contribution >= 4 is 21.4 Å². The van der Waals surface area contributed by atoms with Crippen LogP contribution in [0, 0.1) is 5.82 Å². The molecule has 3 nitrogen and oxygen atoms in total. The van der Waals surface area contributed by atoms with Crippen LogP contribution in [0.2, 0.25) is 0 Å². The highest BCUT2D eigenvalue weighted by Gasteiger charge is 2.16. The van der Waals surface area contributed by atoms with E-state index in [1.807, 2.05) is 6.07 Å². The van der Waals surface area contributed by atoms with E-state index in [2.05, 4.69) is 5.10 Å². The molecular weight excluding hydrogens is 251 g/mol. The molecule has 0 saturated carbocycles. The SMILES string of the molecule is Cn1nccc1C(O)c1cc2ccc(F)cc2s1. The molecule has 18 heavy (non-hydrogen) atoms. The van der Waals surface area contributed by atoms with Gasteiger partial charge in [-0.25, -0.2) is 4.39 Å². The molecule has 0 aliphatic carbocycles. The van der Waals surface area contributed by atoms with Crippen LogP contribution in [0.3, 0.4) is 0 Å². The van der Waals surface area contributed by atoms with Gasteiger partial charge in [0.1, 0.15) is 11.9 Å². The summed E-state index contributed by atoms with van der Waals surface area (Å²) in [4.78, 5) is 0.791. The lowest BCUT2D eigenvalue weighted by molar-refractivity contribution is 0.213. The second-order valence-electron chi connectivity index (χ2n) is 4.11. The zero-order valence-electron chi connectivity index (χ0n) is 9.67. The Morgan fingerprint density at radius 1 is 1.33 bits per heavy atom. The summed E-state index contributed by atoms with van der Waals surface area (Å²) < 4.78 is 15.6. The number of hydrogen-bond acceptors (Lipinski definition) is 3. The molecule has 3 aromatic rings. The van der Waals surface area contributed by atoms with Gasteiger partial charge in [-0.2, -0.15) is 5.10 Å². The second kappa shape index (κ2) is 4.19. The van der Waals surface area contributed by atoms with Crippen LogP contribution in [0.15, 0.2) is 36.5 Å². The van der Waals surface area contributed by atoms with Crippen molar-refractivity contribution in [2.75, 3.05) is 0 Å². The van der Waals surface area contributed by atoms with Crippen molar-refractivity contribution in [3.63, 3.8) is 0 Å². The summed E-state index contributed by atoms with van der Waals surface area (Å²) in [6.07, 6.45) is 0.920. The molecule has 0 spiro atoms. The van der Waals surface area contributed by atoms with Gasteiger partial charge < -0.3 is 5.11 Å². The number of fused-ring (bicyclic) bond motifs is 1. The Morgan fingerprint density at radius 2 is 2.17 bits per heavy atom. The van der Waals surface area contributed by atoms with Gasteiger partial charge in [0, 0.05) is 22.8 Å². The van der Waals surface area contributed by atoms with Crippen LogP contribution in [0.5, 0.6) is 0 Å². The smallest absolute Gasteiger partial charge is 0.130 e. The summed E-state index contributed by atoms with van der Waals surface area (Å²) in [5.74, 6) is -0.258. The molecule has 0 aliphatic rings. The minimum Gasteiger partial charge on any atom is -0.381 e. The standard InChI is InChI=1S/C13H11FN2OS/c1-16-10(4-5-15-16)13(17)12-6-8-2-3-9(14)7-11(8)18-12/h2-7,13,17H,1H3. The van der Waals surface area contributed by atoms with Gasteiger partial charge in [0.25, 0.3) is 0 Å². The van der Waals surface area contributed by atoms with E-state index in [0.717, 1.165) is 20.7 Å². The Kier molecular flexibility index (Phi) is 2.65. The largest absolute Gasteiger partial charge is 0.381 e. The fourth-order valence-electron chi connectivity index (χ4n) is 1.96. The average molecular weight is 262 g/mol. The van der Waals surface area contributed by atoms with Crippen molar-refractivity contribution in [2.45, 2.75) is 6.10 Å². The van der Waals surface area contributed by atoms with Crippen molar-refractivity contribution in [3.05, 3.63) is 52.9 Å². The number of aliphatic hydroxyl groups excluding tert-OH is 1. The van der Waals surface area contributed by atoms with Crippen molar-refractivity contribution in [2.24, 2.45) is 7.05 Å². The molecule has 3 rings (SSSR count). The minimum absolute atomic E-state index is 0.258. The van der Waals surface area contributed by atoms with Gasteiger partial charge in [-0.05, 0) is 29.7 Å². The van der Waals surface area contributed by atoms with E-state index in [9.17, 15) is 9.50 Å². The number of aliphatic hydroxyl groups is 1. The molecule has 0 radical (unpaired) electrons. The van der Waals surface area contributed by atoms with Gasteiger partial charge in [-0.1, -0.05) is 6.07 Å². The Balaban J connectivity index is 2.07. The van der Waals surface area contributed by atoms with E-state index >= 15 is 0 Å². The molecule has 92 valence electrons. The monoisotopic (exact) mass is 262 g/mol. The highest BCUT2D eigenvalue weighted by atomic mass is 32.1. The molecular formula is C13H11FN2OS. The van der Waals surface area contributed by atoms with E-state index in [-0.39, 0.29) is 5.82 Å². The summed E-state index contributed by atoms with van der Waals surface area (Å²) in [6, 6.07) is 8.29. The zero-order chi connectivity index (χ0) is 12.7. The number of rotatable bonds is 2. The maximum absolute atomic E-state index is 13.1. The lowest BCUT2D eigenvalue weighted by Gasteiger charge is -2.08. The summed E-state index contributed by atoms with van der Waals surface area (Å²) in [5, 5.41) is 15.3. The molecule has 0 saturated heterocycles. The molecule has 1 aromatic carbocycles. The lowest BCUT2D eigenvalue weighted by atomic mass is 10.2. The number of hydrogen-bond donors (Lipinski definition) is 1. The molecule has 1 N–H and O–H groups in total. The second-order valence-corrected chi connectivity index (χ2v) is 5.23. The molecule has 2 aromatic heterocycles. The van der Waals surface area contributed by atoms with Gasteiger partial charge in [0.15, 0.2) is 0 Å². The van der Waals surface area contributed by atoms with Crippen LogP contribution >= 0.6 is 11.3 Å². The summed E-state index contributed by atoms with van der Waals surface area (Å²) >= 11 is 1.40. The van der Waals surface area contributed by atoms with E-state index in [1.54, 1.807) is 30.1 Å². The first kappa shape index (κ1) is 11.4. The maximum atomic E-state index is 13.1. The Morgan fingerprint density at radius 3 is 2.89 bits per heavy atom. The fraction of sp³-hybridized carbons (Fsp3) is 0.154. The molecule has 0 fully saturated rings. The third-order valence-corrected chi connectivity index (χ3v) is 4.06. The van der Waals surface area contributed by atoms with Gasteiger partial charge in [0.05, 0.1) is 5.69 Å². The molecule has 5 heteroatoms. The topological polar surface area (TPSA) is 38.0 Å². The summed E-state index contributed by atoms with van der Waals surface area (Å²) in [5.41, 5.74) is 0.724. The van der Waals surface area contributed by atoms with Crippen LogP contribution in [-0.4, -0.2) is 14.9 Å². The van der Waals surface area contributed by atoms with Crippen molar-refractivity contribution < 1.29 is 9.50 Å². The summed E-state index contributed by atoms with van der Waals surface area (Å²) in [6.45, 7) is 0. The van der Waals surface area contributed by atoms with Crippen LogP contribution in [-0.2, 0) is 7.05 Å². The Hall–Kier alpha value is -1.72. The normalized spacial score (nSPS) is 13.1. The predicted octanol–water partition coefficient (Wildman–Crippen LogP) is 2.86. The van der Waals surface area contributed by atoms with Crippen molar-refractivity contribution in [1.82, 2.24) is 9.78 Å². The Labute approximate surface area is 107 Å².